The number of benzene rings is 1. The van der Waals surface area contributed by atoms with Crippen molar-refractivity contribution in [2.45, 2.75) is 42.1 Å². The Labute approximate surface area is 214 Å². The third kappa shape index (κ3) is 4.63. The lowest BCUT2D eigenvalue weighted by atomic mass is 9.95. The number of carboxylic acid groups (broad SMARTS) is 1. The molecule has 0 saturated carbocycles. The third-order valence-corrected chi connectivity index (χ3v) is 8.34. The van der Waals surface area contributed by atoms with Gasteiger partial charge < -0.3 is 25.4 Å². The van der Waals surface area contributed by atoms with Crippen molar-refractivity contribution >= 4 is 57.9 Å². The minimum atomic E-state index is -1.16. The van der Waals surface area contributed by atoms with Crippen molar-refractivity contribution in [3.63, 3.8) is 0 Å². The fourth-order valence-corrected chi connectivity index (χ4v) is 6.67. The Balaban J connectivity index is 1.50. The molecule has 0 radical (unpaired) electrons. The van der Waals surface area contributed by atoms with Crippen LogP contribution in [-0.4, -0.2) is 69.1 Å². The maximum absolute atomic E-state index is 13.3. The summed E-state index contributed by atoms with van der Waals surface area (Å²) in [5.41, 5.74) is 0.642. The Bertz CT molecular complexity index is 1220. The number of methoxy groups -OCH3 is 1. The normalized spacial score (nSPS) is 22.6. The van der Waals surface area contributed by atoms with Gasteiger partial charge in [0.15, 0.2) is 0 Å². The Kier molecular flexibility index (Phi) is 6.96. The van der Waals surface area contributed by atoms with E-state index in [0.29, 0.717) is 5.56 Å². The Hall–Kier alpha value is -3.58. The van der Waals surface area contributed by atoms with E-state index in [1.165, 1.54) is 29.8 Å². The van der Waals surface area contributed by atoms with Gasteiger partial charge >= 0.3 is 18.0 Å². The SMILES string of the molecule is COC(=O)c1ccsc1NC(=O)N[C@@H](C(=O)N[C@@H]1C(=O)N2[C@@H]1SC(C)(C)[C@@H]2C(=O)O)c1ccccc1. The first-order valence-corrected chi connectivity index (χ1v) is 12.6. The average Bonchev–Trinajstić information content (AvgIpc) is 3.40. The first kappa shape index (κ1) is 25.5. The molecule has 13 heteroatoms. The van der Waals surface area contributed by atoms with E-state index in [-0.39, 0.29) is 10.6 Å². The smallest absolute Gasteiger partial charge is 0.340 e. The van der Waals surface area contributed by atoms with Crippen LogP contribution in [0.1, 0.15) is 35.8 Å². The maximum atomic E-state index is 13.3. The number of hydrogen-bond acceptors (Lipinski definition) is 8. The first-order chi connectivity index (χ1) is 17.0. The largest absolute Gasteiger partial charge is 0.480 e. The minimum absolute atomic E-state index is 0.173. The molecular formula is C23H24N4O7S2. The Morgan fingerprint density at radius 3 is 2.47 bits per heavy atom. The summed E-state index contributed by atoms with van der Waals surface area (Å²) in [6.07, 6.45) is 0. The van der Waals surface area contributed by atoms with E-state index in [4.69, 9.17) is 4.74 Å². The molecule has 4 amide bonds. The van der Waals surface area contributed by atoms with E-state index in [1.54, 1.807) is 49.6 Å². The van der Waals surface area contributed by atoms with Crippen LogP contribution in [0.15, 0.2) is 41.8 Å². The van der Waals surface area contributed by atoms with Crippen molar-refractivity contribution in [3.05, 3.63) is 52.9 Å². The molecule has 190 valence electrons. The number of thiophene rings is 1. The van der Waals surface area contributed by atoms with Crippen LogP contribution in [0.25, 0.3) is 0 Å². The monoisotopic (exact) mass is 532 g/mol. The van der Waals surface area contributed by atoms with Crippen molar-refractivity contribution in [3.8, 4) is 0 Å². The lowest BCUT2D eigenvalue weighted by molar-refractivity contribution is -0.161. The molecule has 2 aliphatic rings. The molecule has 2 aliphatic heterocycles. The first-order valence-electron chi connectivity index (χ1n) is 10.9. The molecule has 1 aromatic heterocycles. The van der Waals surface area contributed by atoms with Gasteiger partial charge in [-0.05, 0) is 30.9 Å². The molecule has 0 spiro atoms. The molecule has 4 atom stereocenters. The summed E-state index contributed by atoms with van der Waals surface area (Å²) in [7, 11) is 1.23. The van der Waals surface area contributed by atoms with Crippen LogP contribution in [0.4, 0.5) is 9.80 Å². The third-order valence-electron chi connectivity index (χ3n) is 5.94. The van der Waals surface area contributed by atoms with Gasteiger partial charge in [-0.2, -0.15) is 0 Å². The summed E-state index contributed by atoms with van der Waals surface area (Å²) >= 11 is 2.42. The summed E-state index contributed by atoms with van der Waals surface area (Å²) in [6, 6.07) is 6.13. The van der Waals surface area contributed by atoms with E-state index < -0.39 is 58.0 Å². The van der Waals surface area contributed by atoms with Crippen molar-refractivity contribution in [2.75, 3.05) is 12.4 Å². The second-order valence-electron chi connectivity index (χ2n) is 8.68. The number of β-lactam (4-membered cyclic amide) rings is 1. The maximum Gasteiger partial charge on any atom is 0.340 e. The molecule has 4 N–H and O–H groups in total. The van der Waals surface area contributed by atoms with Crippen molar-refractivity contribution < 1.29 is 33.8 Å². The van der Waals surface area contributed by atoms with Crippen LogP contribution in [0.3, 0.4) is 0 Å². The molecule has 0 aliphatic carbocycles. The molecule has 2 fully saturated rings. The van der Waals surface area contributed by atoms with Crippen LogP contribution in [0.5, 0.6) is 0 Å². The number of anilines is 1. The molecule has 3 heterocycles. The lowest BCUT2D eigenvalue weighted by Crippen LogP contribution is -2.71. The van der Waals surface area contributed by atoms with E-state index in [2.05, 4.69) is 16.0 Å². The number of carbonyl (C=O) groups excluding carboxylic acids is 4. The van der Waals surface area contributed by atoms with Gasteiger partial charge in [-0.15, -0.1) is 23.1 Å². The van der Waals surface area contributed by atoms with Crippen LogP contribution in [0.2, 0.25) is 0 Å². The molecule has 36 heavy (non-hydrogen) atoms. The Morgan fingerprint density at radius 1 is 1.14 bits per heavy atom. The highest BCUT2D eigenvalue weighted by molar-refractivity contribution is 8.01. The zero-order chi connectivity index (χ0) is 26.2. The number of esters is 1. The number of ether oxygens (including phenoxy) is 1. The van der Waals surface area contributed by atoms with E-state index >= 15 is 0 Å². The van der Waals surface area contributed by atoms with E-state index in [1.807, 2.05) is 0 Å². The number of nitrogens with zero attached hydrogens (tertiary/aromatic N) is 1. The summed E-state index contributed by atoms with van der Waals surface area (Å²) in [4.78, 5) is 63.8. The minimum Gasteiger partial charge on any atom is -0.480 e. The molecule has 1 aromatic carbocycles. The molecule has 0 bridgehead atoms. The fraction of sp³-hybridized carbons (Fsp3) is 0.348. The number of carbonyl (C=O) groups is 5. The molecule has 4 rings (SSSR count). The van der Waals surface area contributed by atoms with Gasteiger partial charge in [-0.3, -0.25) is 14.9 Å². The topological polar surface area (TPSA) is 154 Å². The van der Waals surface area contributed by atoms with E-state index in [9.17, 15) is 29.1 Å². The van der Waals surface area contributed by atoms with Gasteiger partial charge in [-0.25, -0.2) is 14.4 Å². The molecule has 0 unspecified atom stereocenters. The van der Waals surface area contributed by atoms with Gasteiger partial charge in [0.05, 0.1) is 12.7 Å². The second-order valence-corrected chi connectivity index (χ2v) is 11.4. The van der Waals surface area contributed by atoms with Crippen LogP contribution < -0.4 is 16.0 Å². The highest BCUT2D eigenvalue weighted by Gasteiger charge is 2.64. The highest BCUT2D eigenvalue weighted by atomic mass is 32.2. The Morgan fingerprint density at radius 2 is 1.83 bits per heavy atom. The van der Waals surface area contributed by atoms with Gasteiger partial charge in [0.2, 0.25) is 11.8 Å². The van der Waals surface area contributed by atoms with Gasteiger partial charge in [0.25, 0.3) is 0 Å². The number of rotatable bonds is 7. The molecular weight excluding hydrogens is 508 g/mol. The van der Waals surface area contributed by atoms with Crippen LogP contribution in [-0.2, 0) is 19.1 Å². The van der Waals surface area contributed by atoms with Gasteiger partial charge in [-0.1, -0.05) is 30.3 Å². The molecule has 2 aromatic rings. The summed E-state index contributed by atoms with van der Waals surface area (Å²) in [6.45, 7) is 3.49. The summed E-state index contributed by atoms with van der Waals surface area (Å²) < 4.78 is 3.97. The summed E-state index contributed by atoms with van der Waals surface area (Å²) in [5, 5.41) is 18.8. The fourth-order valence-electron chi connectivity index (χ4n) is 4.27. The molecule has 11 nitrogen and oxygen atoms in total. The number of aliphatic carboxylic acids is 1. The number of nitrogens with one attached hydrogen (secondary N) is 3. The van der Waals surface area contributed by atoms with Crippen molar-refractivity contribution in [1.29, 1.82) is 0 Å². The molecule has 2 saturated heterocycles. The number of carboxylic acids is 1. The quantitative estimate of drug-likeness (QED) is 0.312. The number of thioether (sulfide) groups is 1. The summed E-state index contributed by atoms with van der Waals surface area (Å²) in [5.74, 6) is -2.84. The van der Waals surface area contributed by atoms with Gasteiger partial charge in [0, 0.05) is 4.75 Å². The second kappa shape index (κ2) is 9.82. The number of urea groups is 1. The lowest BCUT2D eigenvalue weighted by Gasteiger charge is -2.44. The van der Waals surface area contributed by atoms with E-state index in [0.717, 1.165) is 11.3 Å². The number of hydrogen-bond donors (Lipinski definition) is 4. The van der Waals surface area contributed by atoms with Crippen molar-refractivity contribution in [1.82, 2.24) is 15.5 Å². The number of fused-ring (bicyclic) bond motifs is 1. The zero-order valence-corrected chi connectivity index (χ0v) is 21.1. The highest BCUT2D eigenvalue weighted by Crippen LogP contribution is 2.50. The number of amides is 4. The standard InChI is InChI=1S/C23H24N4O7S2/c1-23(2)15(20(30)31)27-18(29)14(19(27)36-23)24-16(28)13(11-7-5-4-6-8-11)25-22(33)26-17-12(9-10-35-17)21(32)34-3/h4-10,13-15,19H,1-3H3,(H,24,28)(H,30,31)(H2,25,26,33)/t13-,14-,15+,19-/m1/s1. The van der Waals surface area contributed by atoms with Gasteiger partial charge in [0.1, 0.15) is 28.5 Å². The van der Waals surface area contributed by atoms with Crippen molar-refractivity contribution in [2.24, 2.45) is 0 Å². The average molecular weight is 533 g/mol. The predicted octanol–water partition coefficient (Wildman–Crippen LogP) is 2.03. The van der Waals surface area contributed by atoms with Crippen LogP contribution in [0, 0.1) is 0 Å². The predicted molar refractivity (Wildman–Crippen MR) is 133 cm³/mol. The van der Waals surface area contributed by atoms with Crippen LogP contribution >= 0.6 is 23.1 Å². The zero-order valence-electron chi connectivity index (χ0n) is 19.5.